The number of nitrogens with one attached hydrogen (secondary N) is 1. The van der Waals surface area contributed by atoms with Crippen LogP contribution < -0.4 is 19.5 Å². The van der Waals surface area contributed by atoms with Crippen molar-refractivity contribution in [3.63, 3.8) is 0 Å². The van der Waals surface area contributed by atoms with Gasteiger partial charge in [0.1, 0.15) is 36.4 Å². The van der Waals surface area contributed by atoms with Crippen molar-refractivity contribution in [2.75, 3.05) is 11.9 Å². The van der Waals surface area contributed by atoms with Crippen LogP contribution in [0.4, 0.5) is 10.1 Å². The summed E-state index contributed by atoms with van der Waals surface area (Å²) in [6.07, 6.45) is 1.46. The van der Waals surface area contributed by atoms with Gasteiger partial charge in [0.15, 0.2) is 11.5 Å². The summed E-state index contributed by atoms with van der Waals surface area (Å²) in [6.45, 7) is 2.64. The van der Waals surface area contributed by atoms with E-state index in [-0.39, 0.29) is 24.6 Å². The Kier molecular flexibility index (Phi) is 10.8. The standard InChI is InChI=1S/C32H24BrCl2FN2O4/c1-2-40-30-15-21(14-28(33)31(30)42-18-20-3-7-25(36)8-4-20)13-23(17-37)32(39)38-26-9-11-27(12-10-26)41-19-22-5-6-24(34)16-29(22)35/h3-16H,2,18-19H2,1H3,(H,38,39)/b23-13+. The minimum absolute atomic E-state index is 0.109. The van der Waals surface area contributed by atoms with Crippen molar-refractivity contribution in [1.29, 1.82) is 5.26 Å². The Balaban J connectivity index is 1.43. The lowest BCUT2D eigenvalue weighted by molar-refractivity contribution is -0.112. The molecule has 1 N–H and O–H groups in total. The van der Waals surface area contributed by atoms with Crippen LogP contribution in [0.5, 0.6) is 17.2 Å². The molecular weight excluding hydrogens is 646 g/mol. The number of carbonyl (C=O) groups is 1. The third kappa shape index (κ3) is 8.49. The Hall–Kier alpha value is -4.03. The van der Waals surface area contributed by atoms with Gasteiger partial charge < -0.3 is 19.5 Å². The molecule has 0 aliphatic rings. The fraction of sp³-hybridized carbons (Fsp3) is 0.125. The minimum Gasteiger partial charge on any atom is -0.490 e. The van der Waals surface area contributed by atoms with Gasteiger partial charge in [0, 0.05) is 21.3 Å². The largest absolute Gasteiger partial charge is 0.490 e. The lowest BCUT2D eigenvalue weighted by Crippen LogP contribution is -2.13. The molecule has 0 saturated carbocycles. The Morgan fingerprint density at radius 2 is 1.71 bits per heavy atom. The number of carbonyl (C=O) groups excluding carboxylic acids is 1. The van der Waals surface area contributed by atoms with Crippen LogP contribution in [0.2, 0.25) is 10.0 Å². The molecule has 0 fully saturated rings. The highest BCUT2D eigenvalue weighted by Crippen LogP contribution is 2.38. The summed E-state index contributed by atoms with van der Waals surface area (Å²) in [7, 11) is 0. The molecule has 6 nitrogen and oxygen atoms in total. The van der Waals surface area contributed by atoms with Gasteiger partial charge in [-0.2, -0.15) is 5.26 Å². The van der Waals surface area contributed by atoms with Crippen LogP contribution >= 0.6 is 39.1 Å². The highest BCUT2D eigenvalue weighted by Gasteiger charge is 2.15. The molecule has 0 bridgehead atoms. The summed E-state index contributed by atoms with van der Waals surface area (Å²) >= 11 is 15.6. The monoisotopic (exact) mass is 668 g/mol. The number of nitrogens with zero attached hydrogens (tertiary/aromatic N) is 1. The van der Waals surface area contributed by atoms with Crippen molar-refractivity contribution in [2.24, 2.45) is 0 Å². The average Bonchev–Trinajstić information content (AvgIpc) is 2.97. The molecule has 0 aliphatic carbocycles. The molecule has 42 heavy (non-hydrogen) atoms. The Morgan fingerprint density at radius 3 is 2.38 bits per heavy atom. The summed E-state index contributed by atoms with van der Waals surface area (Å²) in [5, 5.41) is 13.5. The number of amides is 1. The number of anilines is 1. The van der Waals surface area contributed by atoms with Gasteiger partial charge in [0.2, 0.25) is 0 Å². The van der Waals surface area contributed by atoms with Gasteiger partial charge in [0.05, 0.1) is 11.1 Å². The smallest absolute Gasteiger partial charge is 0.266 e. The molecule has 0 heterocycles. The third-order valence-electron chi connectivity index (χ3n) is 5.83. The van der Waals surface area contributed by atoms with Gasteiger partial charge in [0.25, 0.3) is 5.91 Å². The maximum Gasteiger partial charge on any atom is 0.266 e. The summed E-state index contributed by atoms with van der Waals surface area (Å²) in [5.41, 5.74) is 2.49. The molecule has 0 radical (unpaired) electrons. The SMILES string of the molecule is CCOc1cc(/C=C(\C#N)C(=O)Nc2ccc(OCc3ccc(Cl)cc3Cl)cc2)cc(Br)c1OCc1ccc(F)cc1. The molecule has 0 aromatic heterocycles. The van der Waals surface area contributed by atoms with Crippen LogP contribution in [0, 0.1) is 17.1 Å². The Morgan fingerprint density at radius 1 is 0.976 bits per heavy atom. The molecule has 0 saturated heterocycles. The number of hydrogen-bond acceptors (Lipinski definition) is 5. The molecular formula is C32H24BrCl2FN2O4. The van der Waals surface area contributed by atoms with Crippen LogP contribution in [-0.2, 0) is 18.0 Å². The number of ether oxygens (including phenoxy) is 3. The van der Waals surface area contributed by atoms with Crippen molar-refractivity contribution < 1.29 is 23.4 Å². The van der Waals surface area contributed by atoms with Gasteiger partial charge in [-0.05, 0) is 101 Å². The zero-order valence-electron chi connectivity index (χ0n) is 22.3. The topological polar surface area (TPSA) is 80.6 Å². The maximum atomic E-state index is 13.2. The van der Waals surface area contributed by atoms with Gasteiger partial charge >= 0.3 is 0 Å². The second-order valence-electron chi connectivity index (χ2n) is 8.85. The average molecular weight is 670 g/mol. The molecule has 1 amide bonds. The van der Waals surface area contributed by atoms with Crippen molar-refractivity contribution in [1.82, 2.24) is 0 Å². The van der Waals surface area contributed by atoms with E-state index >= 15 is 0 Å². The zero-order chi connectivity index (χ0) is 30.1. The van der Waals surface area contributed by atoms with Crippen molar-refractivity contribution >= 4 is 56.8 Å². The first-order valence-corrected chi connectivity index (χ1v) is 14.2. The summed E-state index contributed by atoms with van der Waals surface area (Å²) in [6, 6.07) is 23.3. The molecule has 4 rings (SSSR count). The second kappa shape index (κ2) is 14.7. The summed E-state index contributed by atoms with van der Waals surface area (Å²) in [5.74, 6) is 0.538. The van der Waals surface area contributed by atoms with E-state index in [1.165, 1.54) is 18.2 Å². The van der Waals surface area contributed by atoms with E-state index in [2.05, 4.69) is 21.2 Å². The molecule has 0 aliphatic heterocycles. The molecule has 10 heteroatoms. The molecule has 4 aromatic rings. The van der Waals surface area contributed by atoms with Crippen molar-refractivity contribution in [2.45, 2.75) is 20.1 Å². The number of halogens is 4. The highest BCUT2D eigenvalue weighted by atomic mass is 79.9. The van der Waals surface area contributed by atoms with Crippen LogP contribution in [-0.4, -0.2) is 12.5 Å². The summed E-state index contributed by atoms with van der Waals surface area (Å²) in [4.78, 5) is 12.9. The first-order chi connectivity index (χ1) is 20.2. The number of rotatable bonds is 11. The van der Waals surface area contributed by atoms with Gasteiger partial charge in [-0.15, -0.1) is 0 Å². The predicted octanol–water partition coefficient (Wildman–Crippen LogP) is 9.00. The van der Waals surface area contributed by atoms with Crippen LogP contribution in [0.25, 0.3) is 6.08 Å². The van der Waals surface area contributed by atoms with E-state index in [1.807, 2.05) is 13.0 Å². The fourth-order valence-corrected chi connectivity index (χ4v) is 4.80. The van der Waals surface area contributed by atoms with Crippen LogP contribution in [0.1, 0.15) is 23.6 Å². The van der Waals surface area contributed by atoms with Crippen LogP contribution in [0.3, 0.4) is 0 Å². The quantitative estimate of drug-likeness (QED) is 0.127. The van der Waals surface area contributed by atoms with E-state index in [4.69, 9.17) is 37.4 Å². The second-order valence-corrected chi connectivity index (χ2v) is 10.5. The predicted molar refractivity (Wildman–Crippen MR) is 165 cm³/mol. The van der Waals surface area contributed by atoms with Gasteiger partial charge in [-0.3, -0.25) is 4.79 Å². The molecule has 0 atom stereocenters. The lowest BCUT2D eigenvalue weighted by atomic mass is 10.1. The number of nitriles is 1. The van der Waals surface area contributed by atoms with Gasteiger partial charge in [-0.25, -0.2) is 4.39 Å². The normalized spacial score (nSPS) is 11.0. The third-order valence-corrected chi connectivity index (χ3v) is 7.00. The molecule has 0 spiro atoms. The minimum atomic E-state index is -0.579. The Bertz CT molecular complexity index is 1640. The van der Waals surface area contributed by atoms with Crippen molar-refractivity contribution in [3.8, 4) is 23.3 Å². The number of hydrogen-bond donors (Lipinski definition) is 1. The van der Waals surface area contributed by atoms with E-state index in [9.17, 15) is 14.4 Å². The Labute approximate surface area is 261 Å². The lowest BCUT2D eigenvalue weighted by Gasteiger charge is -2.15. The highest BCUT2D eigenvalue weighted by molar-refractivity contribution is 9.10. The maximum absolute atomic E-state index is 13.2. The van der Waals surface area contributed by atoms with Gasteiger partial charge in [-0.1, -0.05) is 41.4 Å². The van der Waals surface area contributed by atoms with E-state index in [0.29, 0.717) is 49.6 Å². The van der Waals surface area contributed by atoms with E-state index in [0.717, 1.165) is 11.1 Å². The van der Waals surface area contributed by atoms with E-state index in [1.54, 1.807) is 66.7 Å². The zero-order valence-corrected chi connectivity index (χ0v) is 25.4. The molecule has 214 valence electrons. The summed E-state index contributed by atoms with van der Waals surface area (Å²) < 4.78 is 31.3. The van der Waals surface area contributed by atoms with E-state index < -0.39 is 5.91 Å². The molecule has 4 aromatic carbocycles. The van der Waals surface area contributed by atoms with Crippen LogP contribution in [0.15, 0.2) is 88.9 Å². The first kappa shape index (κ1) is 30.9. The first-order valence-electron chi connectivity index (χ1n) is 12.7. The fourth-order valence-electron chi connectivity index (χ4n) is 3.76. The number of benzene rings is 4. The molecule has 0 unspecified atom stereocenters. The van der Waals surface area contributed by atoms with Crippen molar-refractivity contribution in [3.05, 3.63) is 121 Å².